The number of nitrogens with two attached hydrogens (primary N) is 2. The van der Waals surface area contributed by atoms with Gasteiger partial charge in [0.15, 0.2) is 0 Å². The molecule has 21 heavy (non-hydrogen) atoms. The van der Waals surface area contributed by atoms with Crippen molar-refractivity contribution >= 4 is 17.5 Å². The van der Waals surface area contributed by atoms with E-state index in [0.29, 0.717) is 17.7 Å². The number of nitrogens with one attached hydrogen (secondary N) is 1. The van der Waals surface area contributed by atoms with Gasteiger partial charge in [-0.2, -0.15) is 0 Å². The fourth-order valence-electron chi connectivity index (χ4n) is 1.99. The Morgan fingerprint density at radius 1 is 1.05 bits per heavy atom. The summed E-state index contributed by atoms with van der Waals surface area (Å²) in [6.45, 7) is 0. The van der Waals surface area contributed by atoms with E-state index in [1.165, 1.54) is 0 Å². The first kappa shape index (κ1) is 14.6. The highest BCUT2D eigenvalue weighted by atomic mass is 16.2. The number of amides is 2. The monoisotopic (exact) mass is 283 g/mol. The topological polar surface area (TPSA) is 98.2 Å². The Morgan fingerprint density at radius 2 is 1.76 bits per heavy atom. The summed E-state index contributed by atoms with van der Waals surface area (Å²) in [6, 6.07) is 15.2. The molecule has 0 spiro atoms. The molecular weight excluding hydrogens is 266 g/mol. The van der Waals surface area contributed by atoms with Crippen molar-refractivity contribution in [3.8, 4) is 0 Å². The molecule has 0 aliphatic rings. The Morgan fingerprint density at radius 3 is 2.38 bits per heavy atom. The number of carbonyl (C=O) groups is 2. The molecule has 0 bridgehead atoms. The molecule has 5 N–H and O–H groups in total. The van der Waals surface area contributed by atoms with Crippen LogP contribution in [0.4, 0.5) is 5.69 Å². The lowest BCUT2D eigenvalue weighted by molar-refractivity contribution is -0.119. The average Bonchev–Trinajstić information content (AvgIpc) is 2.47. The first-order chi connectivity index (χ1) is 10.1. The summed E-state index contributed by atoms with van der Waals surface area (Å²) in [4.78, 5) is 23.6. The van der Waals surface area contributed by atoms with Gasteiger partial charge in [-0.25, -0.2) is 0 Å². The predicted octanol–water partition coefficient (Wildman–Crippen LogP) is 1.10. The molecule has 0 fully saturated rings. The van der Waals surface area contributed by atoms with Crippen LogP contribution in [0.1, 0.15) is 15.9 Å². The van der Waals surface area contributed by atoms with Crippen LogP contribution in [0.25, 0.3) is 0 Å². The van der Waals surface area contributed by atoms with E-state index >= 15 is 0 Å². The summed E-state index contributed by atoms with van der Waals surface area (Å²) in [6.07, 6.45) is 0.351. The van der Waals surface area contributed by atoms with Gasteiger partial charge in [-0.05, 0) is 23.8 Å². The molecule has 2 amide bonds. The summed E-state index contributed by atoms with van der Waals surface area (Å²) in [5.41, 5.74) is 12.8. The van der Waals surface area contributed by atoms with Crippen LogP contribution in [0.2, 0.25) is 0 Å². The van der Waals surface area contributed by atoms with Crippen molar-refractivity contribution in [3.63, 3.8) is 0 Å². The number of hydrogen-bond donors (Lipinski definition) is 3. The van der Waals surface area contributed by atoms with Crippen LogP contribution in [0.5, 0.6) is 0 Å². The fraction of sp³-hybridized carbons (Fsp3) is 0.125. The predicted molar refractivity (Wildman–Crippen MR) is 81.4 cm³/mol. The van der Waals surface area contributed by atoms with Crippen LogP contribution in [0.15, 0.2) is 54.6 Å². The van der Waals surface area contributed by atoms with Gasteiger partial charge in [0.05, 0.1) is 0 Å². The first-order valence-corrected chi connectivity index (χ1v) is 6.56. The zero-order valence-electron chi connectivity index (χ0n) is 11.5. The molecule has 0 heterocycles. The second kappa shape index (κ2) is 6.56. The highest BCUT2D eigenvalue weighted by Gasteiger charge is 2.19. The summed E-state index contributed by atoms with van der Waals surface area (Å²) < 4.78 is 0. The van der Waals surface area contributed by atoms with Crippen molar-refractivity contribution in [3.05, 3.63) is 65.7 Å². The average molecular weight is 283 g/mol. The Labute approximate surface area is 123 Å². The lowest BCUT2D eigenvalue weighted by Crippen LogP contribution is -2.45. The Hall–Kier alpha value is -2.82. The zero-order valence-corrected chi connectivity index (χ0v) is 11.5. The van der Waals surface area contributed by atoms with E-state index in [0.717, 1.165) is 5.56 Å². The molecule has 1 unspecified atom stereocenters. The number of benzene rings is 2. The summed E-state index contributed by atoms with van der Waals surface area (Å²) in [5.74, 6) is -0.946. The van der Waals surface area contributed by atoms with Gasteiger partial charge in [-0.1, -0.05) is 36.4 Å². The molecule has 5 nitrogen and oxygen atoms in total. The van der Waals surface area contributed by atoms with Crippen molar-refractivity contribution < 1.29 is 9.59 Å². The van der Waals surface area contributed by atoms with Gasteiger partial charge < -0.3 is 16.8 Å². The van der Waals surface area contributed by atoms with E-state index < -0.39 is 11.9 Å². The standard InChI is InChI=1S/C16H17N3O2/c17-13-8-4-7-12(10-13)16(21)19-14(15(18)20)9-11-5-2-1-3-6-11/h1-8,10,14H,9,17H2,(H2,18,20)(H,19,21). The van der Waals surface area contributed by atoms with Crippen molar-refractivity contribution in [2.45, 2.75) is 12.5 Å². The van der Waals surface area contributed by atoms with Gasteiger partial charge >= 0.3 is 0 Å². The third-order valence-corrected chi connectivity index (χ3v) is 3.08. The third-order valence-electron chi connectivity index (χ3n) is 3.08. The Balaban J connectivity index is 2.10. The normalized spacial score (nSPS) is 11.6. The molecule has 0 aliphatic heterocycles. The maximum absolute atomic E-state index is 12.1. The molecule has 0 aromatic heterocycles. The second-order valence-corrected chi connectivity index (χ2v) is 4.74. The number of nitrogen functional groups attached to an aromatic ring is 1. The van der Waals surface area contributed by atoms with Crippen molar-refractivity contribution in [2.24, 2.45) is 5.73 Å². The van der Waals surface area contributed by atoms with E-state index in [1.54, 1.807) is 24.3 Å². The second-order valence-electron chi connectivity index (χ2n) is 4.74. The molecular formula is C16H17N3O2. The summed E-state index contributed by atoms with van der Waals surface area (Å²) >= 11 is 0. The zero-order chi connectivity index (χ0) is 15.2. The maximum atomic E-state index is 12.1. The minimum atomic E-state index is -0.763. The number of anilines is 1. The number of hydrogen-bond acceptors (Lipinski definition) is 3. The van der Waals surface area contributed by atoms with Gasteiger partial charge in [-0.15, -0.1) is 0 Å². The number of carbonyl (C=O) groups excluding carboxylic acids is 2. The number of rotatable bonds is 5. The molecule has 0 saturated carbocycles. The van der Waals surface area contributed by atoms with Gasteiger partial charge in [0.2, 0.25) is 5.91 Å². The molecule has 2 aromatic rings. The van der Waals surface area contributed by atoms with Crippen molar-refractivity contribution in [1.29, 1.82) is 0 Å². The van der Waals surface area contributed by atoms with Crippen LogP contribution in [-0.4, -0.2) is 17.9 Å². The fourth-order valence-corrected chi connectivity index (χ4v) is 1.99. The number of primary amides is 1. The molecule has 0 aliphatic carbocycles. The van der Waals surface area contributed by atoms with E-state index in [9.17, 15) is 9.59 Å². The van der Waals surface area contributed by atoms with Gasteiger partial charge in [0, 0.05) is 17.7 Å². The summed E-state index contributed by atoms with van der Waals surface area (Å²) in [7, 11) is 0. The third kappa shape index (κ3) is 4.07. The van der Waals surface area contributed by atoms with Crippen LogP contribution < -0.4 is 16.8 Å². The van der Waals surface area contributed by atoms with Crippen molar-refractivity contribution in [1.82, 2.24) is 5.32 Å². The molecule has 2 rings (SSSR count). The smallest absolute Gasteiger partial charge is 0.252 e. The molecule has 5 heteroatoms. The molecule has 108 valence electrons. The minimum Gasteiger partial charge on any atom is -0.399 e. The SMILES string of the molecule is NC(=O)C(Cc1ccccc1)NC(=O)c1cccc(N)c1. The van der Waals surface area contributed by atoms with Crippen LogP contribution >= 0.6 is 0 Å². The largest absolute Gasteiger partial charge is 0.399 e. The Kier molecular flexibility index (Phi) is 4.56. The lowest BCUT2D eigenvalue weighted by Gasteiger charge is -2.15. The quantitative estimate of drug-likeness (QED) is 0.716. The van der Waals surface area contributed by atoms with E-state index in [-0.39, 0.29) is 5.91 Å². The summed E-state index contributed by atoms with van der Waals surface area (Å²) in [5, 5.41) is 2.64. The van der Waals surface area contributed by atoms with E-state index in [2.05, 4.69) is 5.32 Å². The highest BCUT2D eigenvalue weighted by Crippen LogP contribution is 2.08. The van der Waals surface area contributed by atoms with Crippen LogP contribution in [-0.2, 0) is 11.2 Å². The van der Waals surface area contributed by atoms with E-state index in [1.807, 2.05) is 30.3 Å². The van der Waals surface area contributed by atoms with Crippen molar-refractivity contribution in [2.75, 3.05) is 5.73 Å². The minimum absolute atomic E-state index is 0.351. The Bertz CT molecular complexity index is 641. The molecule has 1 atom stereocenters. The first-order valence-electron chi connectivity index (χ1n) is 6.56. The molecule has 0 radical (unpaired) electrons. The van der Waals surface area contributed by atoms with Gasteiger partial charge in [-0.3, -0.25) is 9.59 Å². The van der Waals surface area contributed by atoms with E-state index in [4.69, 9.17) is 11.5 Å². The highest BCUT2D eigenvalue weighted by molar-refractivity contribution is 5.97. The molecule has 0 saturated heterocycles. The maximum Gasteiger partial charge on any atom is 0.252 e. The van der Waals surface area contributed by atoms with Gasteiger partial charge in [0.25, 0.3) is 5.91 Å². The van der Waals surface area contributed by atoms with Crippen LogP contribution in [0.3, 0.4) is 0 Å². The van der Waals surface area contributed by atoms with Gasteiger partial charge in [0.1, 0.15) is 6.04 Å². The van der Waals surface area contributed by atoms with Crippen LogP contribution in [0, 0.1) is 0 Å². The molecule has 2 aromatic carbocycles. The lowest BCUT2D eigenvalue weighted by atomic mass is 10.0.